The highest BCUT2D eigenvalue weighted by atomic mass is 127. The average Bonchev–Trinajstić information content (AvgIpc) is 3.06. The molecule has 1 aliphatic heterocycles. The number of nitrogens with one attached hydrogen (secondary N) is 2. The molecule has 2 fully saturated rings. The van der Waals surface area contributed by atoms with Gasteiger partial charge in [-0.1, -0.05) is 24.1 Å². The lowest BCUT2D eigenvalue weighted by Crippen LogP contribution is -2.51. The minimum atomic E-state index is -0.173. The van der Waals surface area contributed by atoms with Crippen molar-refractivity contribution < 1.29 is 5.11 Å². The van der Waals surface area contributed by atoms with Crippen molar-refractivity contribution in [2.75, 3.05) is 31.1 Å². The van der Waals surface area contributed by atoms with Gasteiger partial charge in [-0.05, 0) is 51.7 Å². The fraction of sp³-hybridized carbons (Fsp3) is 0.667. The van der Waals surface area contributed by atoms with E-state index in [-0.39, 0.29) is 30.1 Å². The topological polar surface area (TPSA) is 59.9 Å². The summed E-state index contributed by atoms with van der Waals surface area (Å²) in [5, 5.41) is 17.0. The minimum absolute atomic E-state index is 0. The molecule has 1 aromatic carbocycles. The van der Waals surface area contributed by atoms with Crippen molar-refractivity contribution in [1.29, 1.82) is 0 Å². The fourth-order valence-corrected chi connectivity index (χ4v) is 4.04. The van der Waals surface area contributed by atoms with Gasteiger partial charge in [0.1, 0.15) is 0 Å². The maximum Gasteiger partial charge on any atom is 0.191 e. The molecule has 152 valence electrons. The highest BCUT2D eigenvalue weighted by molar-refractivity contribution is 14.0. The number of aliphatic hydroxyl groups is 1. The largest absolute Gasteiger partial charge is 0.393 e. The number of piperidine rings is 1. The van der Waals surface area contributed by atoms with E-state index >= 15 is 0 Å². The Balaban J connectivity index is 0.00000261. The van der Waals surface area contributed by atoms with Gasteiger partial charge in [0.05, 0.1) is 6.10 Å². The molecule has 27 heavy (non-hydrogen) atoms. The Hall–Kier alpha value is -1.02. The summed E-state index contributed by atoms with van der Waals surface area (Å²) < 4.78 is 0. The van der Waals surface area contributed by atoms with E-state index in [1.54, 1.807) is 0 Å². The van der Waals surface area contributed by atoms with Crippen LogP contribution in [0.1, 0.15) is 44.6 Å². The van der Waals surface area contributed by atoms with E-state index in [2.05, 4.69) is 53.6 Å². The summed E-state index contributed by atoms with van der Waals surface area (Å²) in [7, 11) is 0. The monoisotopic (exact) mass is 486 g/mol. The lowest BCUT2D eigenvalue weighted by Gasteiger charge is -2.35. The van der Waals surface area contributed by atoms with Crippen LogP contribution in [0.25, 0.3) is 0 Å². The van der Waals surface area contributed by atoms with Crippen LogP contribution < -0.4 is 15.5 Å². The van der Waals surface area contributed by atoms with E-state index in [0.29, 0.717) is 18.5 Å². The highest BCUT2D eigenvalue weighted by Crippen LogP contribution is 2.25. The molecule has 3 N–H and O–H groups in total. The third-order valence-electron chi connectivity index (χ3n) is 5.61. The van der Waals surface area contributed by atoms with Crippen molar-refractivity contribution in [2.24, 2.45) is 10.9 Å². The first-order chi connectivity index (χ1) is 12.7. The molecule has 0 spiro atoms. The molecule has 1 aromatic rings. The Labute approximate surface area is 181 Å². The Bertz CT molecular complexity index is 592. The molecular weight excluding hydrogens is 451 g/mol. The van der Waals surface area contributed by atoms with E-state index in [1.165, 1.54) is 24.1 Å². The number of hydrogen-bond acceptors (Lipinski definition) is 3. The van der Waals surface area contributed by atoms with Gasteiger partial charge in [-0.3, -0.25) is 4.99 Å². The molecule has 1 saturated carbocycles. The second-order valence-corrected chi connectivity index (χ2v) is 7.74. The molecule has 3 atom stereocenters. The van der Waals surface area contributed by atoms with E-state index in [4.69, 9.17) is 4.99 Å². The van der Waals surface area contributed by atoms with Gasteiger partial charge in [-0.25, -0.2) is 0 Å². The first kappa shape index (κ1) is 22.3. The second kappa shape index (κ2) is 11.1. The van der Waals surface area contributed by atoms with Crippen LogP contribution in [0.15, 0.2) is 29.3 Å². The summed E-state index contributed by atoms with van der Waals surface area (Å²) >= 11 is 0. The standard InChI is InChI=1S/C21H34N4O.HI/c1-3-22-21(23-14-17-6-4-8-20(17)26)24-18-7-5-13-25(15-18)19-11-9-16(2)10-12-19;/h9-12,17-18,20,26H,3-8,13-15H2,1-2H3,(H2,22,23,24);1H. The van der Waals surface area contributed by atoms with Crippen LogP contribution in [-0.2, 0) is 0 Å². The maximum absolute atomic E-state index is 10.0. The van der Waals surface area contributed by atoms with Gasteiger partial charge in [0.2, 0.25) is 0 Å². The number of rotatable bonds is 5. The van der Waals surface area contributed by atoms with Crippen LogP contribution in [0.3, 0.4) is 0 Å². The van der Waals surface area contributed by atoms with Gasteiger partial charge in [0.25, 0.3) is 0 Å². The van der Waals surface area contributed by atoms with E-state index in [9.17, 15) is 5.11 Å². The van der Waals surface area contributed by atoms with Crippen molar-refractivity contribution in [3.8, 4) is 0 Å². The number of aliphatic imine (C=N–C) groups is 1. The predicted octanol–water partition coefficient (Wildman–Crippen LogP) is 3.30. The third kappa shape index (κ3) is 6.52. The fourth-order valence-electron chi connectivity index (χ4n) is 4.04. The number of anilines is 1. The first-order valence-corrected chi connectivity index (χ1v) is 10.2. The van der Waals surface area contributed by atoms with E-state index < -0.39 is 0 Å². The number of hydrogen-bond donors (Lipinski definition) is 3. The van der Waals surface area contributed by atoms with Crippen LogP contribution in [0, 0.1) is 12.8 Å². The first-order valence-electron chi connectivity index (χ1n) is 10.2. The predicted molar refractivity (Wildman–Crippen MR) is 124 cm³/mol. The van der Waals surface area contributed by atoms with Crippen LogP contribution in [0.5, 0.6) is 0 Å². The van der Waals surface area contributed by atoms with Crippen molar-refractivity contribution in [3.63, 3.8) is 0 Å². The molecule has 2 aliphatic rings. The third-order valence-corrected chi connectivity index (χ3v) is 5.61. The highest BCUT2D eigenvalue weighted by Gasteiger charge is 2.25. The maximum atomic E-state index is 10.0. The average molecular weight is 486 g/mol. The second-order valence-electron chi connectivity index (χ2n) is 7.74. The molecule has 0 aromatic heterocycles. The van der Waals surface area contributed by atoms with Crippen LogP contribution >= 0.6 is 24.0 Å². The molecule has 1 heterocycles. The van der Waals surface area contributed by atoms with Crippen molar-refractivity contribution >= 4 is 35.6 Å². The van der Waals surface area contributed by atoms with Crippen molar-refractivity contribution in [1.82, 2.24) is 10.6 Å². The molecule has 1 saturated heterocycles. The molecule has 1 aliphatic carbocycles. The molecule has 3 unspecified atom stereocenters. The van der Waals surface area contributed by atoms with Crippen LogP contribution in [0.4, 0.5) is 5.69 Å². The number of aliphatic hydroxyl groups excluding tert-OH is 1. The zero-order valence-electron chi connectivity index (χ0n) is 16.7. The molecular formula is C21H35IN4O. The summed E-state index contributed by atoms with van der Waals surface area (Å²) in [6.07, 6.45) is 5.32. The number of nitrogens with zero attached hydrogens (tertiary/aromatic N) is 2. The molecule has 6 heteroatoms. The van der Waals surface area contributed by atoms with Gasteiger partial charge in [0.15, 0.2) is 5.96 Å². The van der Waals surface area contributed by atoms with Crippen molar-refractivity contribution in [2.45, 2.75) is 58.1 Å². The molecule has 0 amide bonds. The van der Waals surface area contributed by atoms with E-state index in [1.807, 2.05) is 0 Å². The Morgan fingerprint density at radius 3 is 2.63 bits per heavy atom. The summed E-state index contributed by atoms with van der Waals surface area (Å²) in [5.41, 5.74) is 2.61. The van der Waals surface area contributed by atoms with Crippen LogP contribution in [0.2, 0.25) is 0 Å². The summed E-state index contributed by atoms with van der Waals surface area (Å²) in [4.78, 5) is 7.23. The summed E-state index contributed by atoms with van der Waals surface area (Å²) in [6.45, 7) is 7.91. The minimum Gasteiger partial charge on any atom is -0.393 e. The molecule has 0 bridgehead atoms. The quantitative estimate of drug-likeness (QED) is 0.340. The summed E-state index contributed by atoms with van der Waals surface area (Å²) in [5.74, 6) is 1.21. The van der Waals surface area contributed by atoms with E-state index in [0.717, 1.165) is 44.9 Å². The molecule has 3 rings (SSSR count). The lowest BCUT2D eigenvalue weighted by atomic mass is 10.0. The summed E-state index contributed by atoms with van der Waals surface area (Å²) in [6, 6.07) is 9.21. The normalized spacial score (nSPS) is 25.8. The Morgan fingerprint density at radius 1 is 1.19 bits per heavy atom. The van der Waals surface area contributed by atoms with Gasteiger partial charge < -0.3 is 20.6 Å². The Morgan fingerprint density at radius 2 is 1.96 bits per heavy atom. The van der Waals surface area contributed by atoms with Gasteiger partial charge in [0, 0.05) is 43.8 Å². The molecule has 5 nitrogen and oxygen atoms in total. The SMILES string of the molecule is CCNC(=NCC1CCCC1O)NC1CCCN(c2ccc(C)cc2)C1.I. The number of aryl methyl sites for hydroxylation is 1. The van der Waals surface area contributed by atoms with Gasteiger partial charge >= 0.3 is 0 Å². The zero-order chi connectivity index (χ0) is 18.4. The van der Waals surface area contributed by atoms with Gasteiger partial charge in [-0.15, -0.1) is 24.0 Å². The van der Waals surface area contributed by atoms with Crippen molar-refractivity contribution in [3.05, 3.63) is 29.8 Å². The lowest BCUT2D eigenvalue weighted by molar-refractivity contribution is 0.136. The number of guanidine groups is 1. The van der Waals surface area contributed by atoms with Gasteiger partial charge in [-0.2, -0.15) is 0 Å². The zero-order valence-corrected chi connectivity index (χ0v) is 19.0. The van der Waals surface area contributed by atoms with Crippen LogP contribution in [-0.4, -0.2) is 49.4 Å². The number of halogens is 1. The Kier molecular flexibility index (Phi) is 9.15. The molecule has 0 radical (unpaired) electrons. The number of benzene rings is 1. The smallest absolute Gasteiger partial charge is 0.191 e.